The summed E-state index contributed by atoms with van der Waals surface area (Å²) in [5, 5.41) is 8.70. The largest absolute Gasteiger partial charge is 0.343 e. The van der Waals surface area contributed by atoms with E-state index >= 15 is 0 Å². The fourth-order valence-electron chi connectivity index (χ4n) is 2.06. The van der Waals surface area contributed by atoms with Crippen LogP contribution in [0.1, 0.15) is 19.3 Å². The number of amides is 1. The molecular formula is C10H15N3O. The molecule has 14 heavy (non-hydrogen) atoms. The summed E-state index contributed by atoms with van der Waals surface area (Å²) in [5.41, 5.74) is 0. The van der Waals surface area contributed by atoms with E-state index in [0.29, 0.717) is 12.5 Å². The number of rotatable bonds is 2. The summed E-state index contributed by atoms with van der Waals surface area (Å²) in [7, 11) is 1.82. The molecule has 4 nitrogen and oxygen atoms in total. The smallest absolute Gasteiger partial charge is 0.240 e. The highest BCUT2D eigenvalue weighted by molar-refractivity contribution is 5.82. The molecule has 0 aromatic rings. The Morgan fingerprint density at radius 2 is 2.21 bits per heavy atom. The average Bonchev–Trinajstić information content (AvgIpc) is 2.97. The molecule has 2 rings (SSSR count). The van der Waals surface area contributed by atoms with Crippen LogP contribution in [0.3, 0.4) is 0 Å². The van der Waals surface area contributed by atoms with Crippen LogP contribution >= 0.6 is 0 Å². The van der Waals surface area contributed by atoms with Gasteiger partial charge in [-0.25, -0.2) is 0 Å². The molecular weight excluding hydrogens is 178 g/mol. The quantitative estimate of drug-likeness (QED) is 0.629. The van der Waals surface area contributed by atoms with Crippen molar-refractivity contribution >= 4 is 5.91 Å². The van der Waals surface area contributed by atoms with Gasteiger partial charge in [0.15, 0.2) is 0 Å². The van der Waals surface area contributed by atoms with Crippen molar-refractivity contribution in [2.75, 3.05) is 20.1 Å². The van der Waals surface area contributed by atoms with Gasteiger partial charge in [0.05, 0.1) is 12.5 Å². The Bertz CT molecular complexity index is 280. The summed E-state index contributed by atoms with van der Waals surface area (Å²) in [5.74, 6) is 0.115. The Morgan fingerprint density at radius 1 is 1.50 bits per heavy atom. The van der Waals surface area contributed by atoms with Gasteiger partial charge < -0.3 is 4.90 Å². The minimum Gasteiger partial charge on any atom is -0.343 e. The number of hydrogen-bond donors (Lipinski definition) is 0. The first-order chi connectivity index (χ1) is 6.74. The number of carbonyl (C=O) groups excluding carboxylic acids is 1. The van der Waals surface area contributed by atoms with Crippen molar-refractivity contribution in [2.24, 2.45) is 0 Å². The Hall–Kier alpha value is -1.08. The van der Waals surface area contributed by atoms with Crippen molar-refractivity contribution in [2.45, 2.75) is 31.3 Å². The number of nitrogens with zero attached hydrogens (tertiary/aromatic N) is 3. The first kappa shape index (κ1) is 9.47. The number of piperazine rings is 1. The Kier molecular flexibility index (Phi) is 2.42. The van der Waals surface area contributed by atoms with Gasteiger partial charge in [0.1, 0.15) is 6.04 Å². The zero-order chi connectivity index (χ0) is 10.1. The molecule has 1 amide bonds. The molecule has 0 bridgehead atoms. The lowest BCUT2D eigenvalue weighted by atomic mass is 10.1. The molecule has 1 aliphatic carbocycles. The molecule has 1 atom stereocenters. The molecule has 1 heterocycles. The molecule has 1 aliphatic heterocycles. The van der Waals surface area contributed by atoms with E-state index in [0.717, 1.165) is 13.1 Å². The van der Waals surface area contributed by atoms with E-state index in [1.165, 1.54) is 12.8 Å². The summed E-state index contributed by atoms with van der Waals surface area (Å²) in [6.45, 7) is 1.73. The van der Waals surface area contributed by atoms with Crippen LogP contribution in [0.15, 0.2) is 0 Å². The third kappa shape index (κ3) is 1.60. The molecule has 2 aliphatic rings. The van der Waals surface area contributed by atoms with Gasteiger partial charge in [-0.2, -0.15) is 5.26 Å². The van der Waals surface area contributed by atoms with E-state index in [2.05, 4.69) is 11.0 Å². The SMILES string of the molecule is CN1CCN(C2CC2)C(CC#N)C1=O. The van der Waals surface area contributed by atoms with Gasteiger partial charge in [-0.05, 0) is 12.8 Å². The molecule has 0 aromatic carbocycles. The van der Waals surface area contributed by atoms with Crippen LogP contribution in [0.2, 0.25) is 0 Å². The van der Waals surface area contributed by atoms with Crippen molar-refractivity contribution in [1.29, 1.82) is 5.26 Å². The monoisotopic (exact) mass is 193 g/mol. The molecule has 0 aromatic heterocycles. The topological polar surface area (TPSA) is 47.3 Å². The predicted octanol–water partition coefficient (Wildman–Crippen LogP) is 0.205. The van der Waals surface area contributed by atoms with Gasteiger partial charge >= 0.3 is 0 Å². The summed E-state index contributed by atoms with van der Waals surface area (Å²) < 4.78 is 0. The van der Waals surface area contributed by atoms with Crippen LogP contribution in [-0.2, 0) is 4.79 Å². The summed E-state index contributed by atoms with van der Waals surface area (Å²) in [6.07, 6.45) is 2.72. The Balaban J connectivity index is 2.09. The fourth-order valence-corrected chi connectivity index (χ4v) is 2.06. The fraction of sp³-hybridized carbons (Fsp3) is 0.800. The van der Waals surface area contributed by atoms with Crippen LogP contribution in [-0.4, -0.2) is 47.9 Å². The first-order valence-electron chi connectivity index (χ1n) is 5.11. The summed E-state index contributed by atoms with van der Waals surface area (Å²) in [4.78, 5) is 15.7. The van der Waals surface area contributed by atoms with E-state index in [9.17, 15) is 4.79 Å². The minimum atomic E-state index is -0.175. The maximum Gasteiger partial charge on any atom is 0.240 e. The lowest BCUT2D eigenvalue weighted by Crippen LogP contribution is -2.56. The van der Waals surface area contributed by atoms with E-state index in [1.807, 2.05) is 7.05 Å². The minimum absolute atomic E-state index is 0.115. The third-order valence-electron chi connectivity index (χ3n) is 3.06. The molecule has 0 spiro atoms. The van der Waals surface area contributed by atoms with Crippen molar-refractivity contribution in [1.82, 2.24) is 9.80 Å². The second-order valence-electron chi connectivity index (χ2n) is 4.11. The normalized spacial score (nSPS) is 29.0. The molecule has 0 radical (unpaired) electrons. The standard InChI is InChI=1S/C10H15N3O/c1-12-6-7-13(8-2-3-8)9(4-5-11)10(12)14/h8-9H,2-4,6-7H2,1H3. The summed E-state index contributed by atoms with van der Waals surface area (Å²) >= 11 is 0. The van der Waals surface area contributed by atoms with Gasteiger partial charge in [-0.15, -0.1) is 0 Å². The molecule has 1 saturated carbocycles. The number of carbonyl (C=O) groups is 1. The van der Waals surface area contributed by atoms with Crippen LogP contribution in [0.5, 0.6) is 0 Å². The molecule has 0 N–H and O–H groups in total. The average molecular weight is 193 g/mol. The van der Waals surface area contributed by atoms with Crippen molar-refractivity contribution < 1.29 is 4.79 Å². The van der Waals surface area contributed by atoms with Gasteiger partial charge in [0.2, 0.25) is 5.91 Å². The Morgan fingerprint density at radius 3 is 2.79 bits per heavy atom. The van der Waals surface area contributed by atoms with Gasteiger partial charge in [-0.1, -0.05) is 0 Å². The lowest BCUT2D eigenvalue weighted by molar-refractivity contribution is -0.140. The van der Waals surface area contributed by atoms with Gasteiger partial charge in [-0.3, -0.25) is 9.69 Å². The van der Waals surface area contributed by atoms with E-state index in [-0.39, 0.29) is 11.9 Å². The van der Waals surface area contributed by atoms with E-state index < -0.39 is 0 Å². The maximum atomic E-state index is 11.8. The van der Waals surface area contributed by atoms with E-state index in [4.69, 9.17) is 5.26 Å². The molecule has 2 fully saturated rings. The van der Waals surface area contributed by atoms with Gasteiger partial charge in [0.25, 0.3) is 0 Å². The predicted molar refractivity (Wildman–Crippen MR) is 51.4 cm³/mol. The van der Waals surface area contributed by atoms with Crippen molar-refractivity contribution in [3.63, 3.8) is 0 Å². The van der Waals surface area contributed by atoms with Crippen LogP contribution < -0.4 is 0 Å². The molecule has 1 saturated heterocycles. The zero-order valence-corrected chi connectivity index (χ0v) is 8.44. The highest BCUT2D eigenvalue weighted by atomic mass is 16.2. The third-order valence-corrected chi connectivity index (χ3v) is 3.06. The Labute approximate surface area is 84.1 Å². The van der Waals surface area contributed by atoms with Crippen LogP contribution in [0.25, 0.3) is 0 Å². The molecule has 4 heteroatoms. The second-order valence-corrected chi connectivity index (χ2v) is 4.11. The van der Waals surface area contributed by atoms with Crippen molar-refractivity contribution in [3.05, 3.63) is 0 Å². The molecule has 1 unspecified atom stereocenters. The highest BCUT2D eigenvalue weighted by Gasteiger charge is 2.40. The summed E-state index contributed by atoms with van der Waals surface area (Å²) in [6, 6.07) is 2.51. The van der Waals surface area contributed by atoms with E-state index in [1.54, 1.807) is 4.90 Å². The number of hydrogen-bond acceptors (Lipinski definition) is 3. The highest BCUT2D eigenvalue weighted by Crippen LogP contribution is 2.31. The van der Waals surface area contributed by atoms with Gasteiger partial charge in [0, 0.05) is 26.2 Å². The second kappa shape index (κ2) is 3.58. The van der Waals surface area contributed by atoms with Crippen LogP contribution in [0.4, 0.5) is 0 Å². The maximum absolute atomic E-state index is 11.8. The lowest BCUT2D eigenvalue weighted by Gasteiger charge is -2.38. The van der Waals surface area contributed by atoms with Crippen molar-refractivity contribution in [3.8, 4) is 6.07 Å². The first-order valence-corrected chi connectivity index (χ1v) is 5.11. The van der Waals surface area contributed by atoms with Crippen LogP contribution in [0, 0.1) is 11.3 Å². The molecule has 76 valence electrons. The number of likely N-dealkylation sites (N-methyl/N-ethyl adjacent to an activating group) is 1. The zero-order valence-electron chi connectivity index (χ0n) is 8.44. The number of nitriles is 1.